The highest BCUT2D eigenvalue weighted by atomic mass is 35.5. The van der Waals surface area contributed by atoms with Gasteiger partial charge in [0.25, 0.3) is 0 Å². The largest absolute Gasteiger partial charge is 0.489 e. The van der Waals surface area contributed by atoms with Crippen LogP contribution in [0.25, 0.3) is 11.0 Å². The molecule has 0 saturated heterocycles. The van der Waals surface area contributed by atoms with Crippen molar-refractivity contribution in [1.82, 2.24) is 0 Å². The van der Waals surface area contributed by atoms with Gasteiger partial charge >= 0.3 is 5.63 Å². The smallest absolute Gasteiger partial charge is 0.336 e. The Labute approximate surface area is 149 Å². The predicted molar refractivity (Wildman–Crippen MR) is 97.3 cm³/mol. The molecular weight excluding hydrogens is 347 g/mol. The molecule has 0 aliphatic heterocycles. The van der Waals surface area contributed by atoms with E-state index in [0.717, 1.165) is 29.4 Å². The average Bonchev–Trinajstić information content (AvgIpc) is 2.54. The Morgan fingerprint density at radius 1 is 1.04 bits per heavy atom. The summed E-state index contributed by atoms with van der Waals surface area (Å²) in [5.41, 5.74) is 2.02. The van der Waals surface area contributed by atoms with Gasteiger partial charge in [0.15, 0.2) is 0 Å². The van der Waals surface area contributed by atoms with Crippen molar-refractivity contribution in [3.63, 3.8) is 0 Å². The third kappa shape index (κ3) is 3.74. The number of benzene rings is 2. The van der Waals surface area contributed by atoms with Crippen LogP contribution in [-0.2, 0) is 13.0 Å². The molecule has 0 N–H and O–H groups in total. The Hall–Kier alpha value is -1.97. The van der Waals surface area contributed by atoms with Gasteiger partial charge < -0.3 is 9.15 Å². The second-order valence-electron chi connectivity index (χ2n) is 5.52. The van der Waals surface area contributed by atoms with Crippen LogP contribution in [0.1, 0.15) is 24.5 Å². The Bertz CT molecular complexity index is 932. The van der Waals surface area contributed by atoms with E-state index in [-0.39, 0.29) is 5.63 Å². The summed E-state index contributed by atoms with van der Waals surface area (Å²) in [5.74, 6) is 0.616. The first-order valence-electron chi connectivity index (χ1n) is 7.70. The summed E-state index contributed by atoms with van der Waals surface area (Å²) in [4.78, 5) is 11.7. The fraction of sp³-hybridized carbons (Fsp3) is 0.211. The van der Waals surface area contributed by atoms with E-state index in [4.69, 9.17) is 32.4 Å². The zero-order valence-electron chi connectivity index (χ0n) is 13.1. The number of rotatable bonds is 5. The maximum Gasteiger partial charge on any atom is 0.336 e. The number of hydrogen-bond donors (Lipinski definition) is 0. The van der Waals surface area contributed by atoms with Crippen molar-refractivity contribution in [2.75, 3.05) is 0 Å². The summed E-state index contributed by atoms with van der Waals surface area (Å²) >= 11 is 12.0. The van der Waals surface area contributed by atoms with Crippen molar-refractivity contribution in [3.8, 4) is 5.75 Å². The normalized spacial score (nSPS) is 11.0. The van der Waals surface area contributed by atoms with Crippen LogP contribution >= 0.6 is 23.2 Å². The lowest BCUT2D eigenvalue weighted by molar-refractivity contribution is 0.306. The number of hydrogen-bond acceptors (Lipinski definition) is 3. The minimum absolute atomic E-state index is 0.306. The number of halogens is 2. The van der Waals surface area contributed by atoms with Crippen LogP contribution in [0.2, 0.25) is 10.0 Å². The van der Waals surface area contributed by atoms with Crippen LogP contribution < -0.4 is 10.4 Å². The van der Waals surface area contributed by atoms with Gasteiger partial charge in [0, 0.05) is 33.1 Å². The van der Waals surface area contributed by atoms with Crippen molar-refractivity contribution in [2.24, 2.45) is 0 Å². The SMILES string of the molecule is CCCc1cc(=O)oc2cc(OCc3ccc(Cl)cc3Cl)ccc12. The predicted octanol–water partition coefficient (Wildman–Crippen LogP) is 5.63. The van der Waals surface area contributed by atoms with Gasteiger partial charge in [0.2, 0.25) is 0 Å². The molecule has 0 radical (unpaired) electrons. The highest BCUT2D eigenvalue weighted by molar-refractivity contribution is 6.35. The molecule has 0 amide bonds. The Morgan fingerprint density at radius 3 is 2.62 bits per heavy atom. The van der Waals surface area contributed by atoms with Crippen LogP contribution in [0, 0.1) is 0 Å². The molecule has 3 nitrogen and oxygen atoms in total. The number of ether oxygens (including phenoxy) is 1. The fourth-order valence-electron chi connectivity index (χ4n) is 2.58. The Kier molecular flexibility index (Phi) is 5.12. The summed E-state index contributed by atoms with van der Waals surface area (Å²) in [6, 6.07) is 12.3. The lowest BCUT2D eigenvalue weighted by Crippen LogP contribution is -2.01. The monoisotopic (exact) mass is 362 g/mol. The molecule has 0 aliphatic rings. The van der Waals surface area contributed by atoms with Crippen LogP contribution in [0.4, 0.5) is 0 Å². The molecule has 3 aromatic rings. The van der Waals surface area contributed by atoms with E-state index in [1.807, 2.05) is 18.2 Å². The molecule has 3 rings (SSSR count). The Balaban J connectivity index is 1.86. The third-order valence-electron chi connectivity index (χ3n) is 3.73. The minimum atomic E-state index is -0.344. The molecule has 0 fully saturated rings. The summed E-state index contributed by atoms with van der Waals surface area (Å²) in [5, 5.41) is 2.08. The average molecular weight is 363 g/mol. The van der Waals surface area contributed by atoms with E-state index < -0.39 is 0 Å². The van der Waals surface area contributed by atoms with E-state index in [0.29, 0.717) is 28.0 Å². The van der Waals surface area contributed by atoms with E-state index in [1.54, 1.807) is 24.3 Å². The molecule has 0 aliphatic carbocycles. The van der Waals surface area contributed by atoms with E-state index in [2.05, 4.69) is 6.92 Å². The maximum atomic E-state index is 11.7. The molecule has 24 heavy (non-hydrogen) atoms. The van der Waals surface area contributed by atoms with Crippen molar-refractivity contribution in [3.05, 3.63) is 74.1 Å². The molecule has 0 saturated carbocycles. The summed E-state index contributed by atoms with van der Waals surface area (Å²) in [7, 11) is 0. The first kappa shape index (κ1) is 16.9. The van der Waals surface area contributed by atoms with E-state index >= 15 is 0 Å². The lowest BCUT2D eigenvalue weighted by Gasteiger charge is -2.10. The molecule has 0 spiro atoms. The van der Waals surface area contributed by atoms with Crippen LogP contribution in [0.5, 0.6) is 5.75 Å². The topological polar surface area (TPSA) is 39.4 Å². The van der Waals surface area contributed by atoms with Crippen LogP contribution in [-0.4, -0.2) is 0 Å². The van der Waals surface area contributed by atoms with E-state index in [1.165, 1.54) is 0 Å². The van der Waals surface area contributed by atoms with Crippen molar-refractivity contribution < 1.29 is 9.15 Å². The molecule has 1 heterocycles. The zero-order valence-corrected chi connectivity index (χ0v) is 14.7. The van der Waals surface area contributed by atoms with E-state index in [9.17, 15) is 4.79 Å². The van der Waals surface area contributed by atoms with Gasteiger partial charge in [-0.2, -0.15) is 0 Å². The molecule has 5 heteroatoms. The second-order valence-corrected chi connectivity index (χ2v) is 6.37. The van der Waals surface area contributed by atoms with Gasteiger partial charge in [-0.05, 0) is 36.2 Å². The first-order chi connectivity index (χ1) is 11.6. The minimum Gasteiger partial charge on any atom is -0.489 e. The van der Waals surface area contributed by atoms with Gasteiger partial charge in [0.05, 0.1) is 0 Å². The van der Waals surface area contributed by atoms with Gasteiger partial charge in [-0.3, -0.25) is 0 Å². The highest BCUT2D eigenvalue weighted by Crippen LogP contribution is 2.26. The fourth-order valence-corrected chi connectivity index (χ4v) is 3.04. The summed E-state index contributed by atoms with van der Waals surface area (Å²) < 4.78 is 11.1. The molecule has 0 atom stereocenters. The standard InChI is InChI=1S/C19H16Cl2O3/c1-2-3-12-8-19(22)24-18-10-15(6-7-16(12)18)23-11-13-4-5-14(20)9-17(13)21/h4-10H,2-3,11H2,1H3. The molecule has 1 aromatic heterocycles. The van der Waals surface area contributed by atoms with Crippen LogP contribution in [0.15, 0.2) is 51.7 Å². The Morgan fingerprint density at radius 2 is 1.88 bits per heavy atom. The number of fused-ring (bicyclic) bond motifs is 1. The molecular formula is C19H16Cl2O3. The van der Waals surface area contributed by atoms with Gasteiger partial charge in [-0.1, -0.05) is 42.6 Å². The lowest BCUT2D eigenvalue weighted by atomic mass is 10.1. The maximum absolute atomic E-state index is 11.7. The van der Waals surface area contributed by atoms with Gasteiger partial charge in [-0.25, -0.2) is 4.79 Å². The number of aryl methyl sites for hydroxylation is 1. The summed E-state index contributed by atoms with van der Waals surface area (Å²) in [6.07, 6.45) is 1.80. The van der Waals surface area contributed by atoms with Crippen LogP contribution in [0.3, 0.4) is 0 Å². The molecule has 124 valence electrons. The highest BCUT2D eigenvalue weighted by Gasteiger charge is 2.08. The van der Waals surface area contributed by atoms with Crippen molar-refractivity contribution in [2.45, 2.75) is 26.4 Å². The summed E-state index contributed by atoms with van der Waals surface area (Å²) in [6.45, 7) is 2.38. The van der Waals surface area contributed by atoms with Crippen molar-refractivity contribution >= 4 is 34.2 Å². The molecule has 0 bridgehead atoms. The molecule has 2 aromatic carbocycles. The zero-order chi connectivity index (χ0) is 17.1. The molecule has 0 unspecified atom stereocenters. The van der Waals surface area contributed by atoms with Gasteiger partial charge in [-0.15, -0.1) is 0 Å². The third-order valence-corrected chi connectivity index (χ3v) is 4.32. The second kappa shape index (κ2) is 7.29. The quantitative estimate of drug-likeness (QED) is 0.552. The first-order valence-corrected chi connectivity index (χ1v) is 8.46. The van der Waals surface area contributed by atoms with Gasteiger partial charge in [0.1, 0.15) is 17.9 Å². The van der Waals surface area contributed by atoms with Crippen molar-refractivity contribution in [1.29, 1.82) is 0 Å².